The average molecular weight is 380 g/mol. The minimum absolute atomic E-state index is 0.00372. The molecule has 27 heavy (non-hydrogen) atoms. The number of aliphatic hydroxyl groups excluding tert-OH is 4. The fourth-order valence-corrected chi connectivity index (χ4v) is 7.48. The third-order valence-electron chi connectivity index (χ3n) is 8.85. The van der Waals surface area contributed by atoms with Gasteiger partial charge in [0.1, 0.15) is 6.10 Å². The molecule has 3 fully saturated rings. The molecule has 0 spiro atoms. The summed E-state index contributed by atoms with van der Waals surface area (Å²) in [4.78, 5) is 11.9. The summed E-state index contributed by atoms with van der Waals surface area (Å²) in [6.45, 7) is 3.45. The highest BCUT2D eigenvalue weighted by atomic mass is 16.4. The largest absolute Gasteiger partial charge is 0.394 e. The molecular weight excluding hydrogens is 348 g/mol. The molecule has 4 rings (SSSR count). The van der Waals surface area contributed by atoms with Crippen LogP contribution in [0.2, 0.25) is 0 Å². The predicted molar refractivity (Wildman–Crippen MR) is 97.5 cm³/mol. The van der Waals surface area contributed by atoms with Gasteiger partial charge in [-0.3, -0.25) is 4.79 Å². The lowest BCUT2D eigenvalue weighted by Gasteiger charge is -2.61. The van der Waals surface area contributed by atoms with Gasteiger partial charge in [-0.1, -0.05) is 13.8 Å². The number of hydrogen-bond donors (Lipinski definition) is 5. The summed E-state index contributed by atoms with van der Waals surface area (Å²) >= 11 is 0. The maximum atomic E-state index is 11.9. The number of aliphatic hydroxyl groups is 5. The molecule has 0 aliphatic heterocycles. The minimum Gasteiger partial charge on any atom is -0.394 e. The van der Waals surface area contributed by atoms with E-state index >= 15 is 0 Å². The van der Waals surface area contributed by atoms with Gasteiger partial charge in [0.2, 0.25) is 0 Å². The standard InChI is InChI=1S/C21H32O6/c1-19-5-3-11(23)7-14(19)15(24)8-12-13-4-6-21(27,17(26)10-22)20(13,2)9-16(25)18(12)19/h7,12-13,15-18,22,24-27H,3-6,8-10H2,1-2H3/t12-,13-,15+,16-,17?,18+,19-,20-,21-/m0/s1. The van der Waals surface area contributed by atoms with Crippen LogP contribution in [-0.2, 0) is 4.79 Å². The molecule has 4 aliphatic carbocycles. The molecular formula is C21H32O6. The lowest BCUT2D eigenvalue weighted by Crippen LogP contribution is -2.64. The molecule has 6 nitrogen and oxygen atoms in total. The Balaban J connectivity index is 1.76. The Morgan fingerprint density at radius 1 is 1.26 bits per heavy atom. The number of carbonyl (C=O) groups excluding carboxylic acids is 1. The van der Waals surface area contributed by atoms with Crippen LogP contribution >= 0.6 is 0 Å². The van der Waals surface area contributed by atoms with Crippen molar-refractivity contribution in [3.05, 3.63) is 11.6 Å². The molecule has 6 heteroatoms. The fraction of sp³-hybridized carbons (Fsp3) is 0.857. The van der Waals surface area contributed by atoms with Crippen molar-refractivity contribution < 1.29 is 30.3 Å². The Labute approximate surface area is 159 Å². The molecule has 4 aliphatic rings. The third kappa shape index (κ3) is 2.40. The van der Waals surface area contributed by atoms with E-state index in [2.05, 4.69) is 6.92 Å². The van der Waals surface area contributed by atoms with Crippen LogP contribution in [0, 0.1) is 28.6 Å². The second kappa shape index (κ2) is 6.10. The van der Waals surface area contributed by atoms with Gasteiger partial charge in [-0.15, -0.1) is 0 Å². The summed E-state index contributed by atoms with van der Waals surface area (Å²) in [6.07, 6.45) is 1.86. The molecule has 3 saturated carbocycles. The Bertz CT molecular complexity index is 676. The van der Waals surface area contributed by atoms with E-state index in [1.165, 1.54) is 0 Å². The second-order valence-electron chi connectivity index (χ2n) is 9.88. The average Bonchev–Trinajstić information content (AvgIpc) is 2.87. The van der Waals surface area contributed by atoms with E-state index in [0.29, 0.717) is 38.5 Å². The van der Waals surface area contributed by atoms with Crippen LogP contribution in [0.25, 0.3) is 0 Å². The third-order valence-corrected chi connectivity index (χ3v) is 8.85. The topological polar surface area (TPSA) is 118 Å². The minimum atomic E-state index is -1.44. The highest BCUT2D eigenvalue weighted by Crippen LogP contribution is 2.67. The first kappa shape index (κ1) is 19.5. The predicted octanol–water partition coefficient (Wildman–Crippen LogP) is 0.544. The number of hydrogen-bond acceptors (Lipinski definition) is 6. The molecule has 0 aromatic heterocycles. The van der Waals surface area contributed by atoms with Gasteiger partial charge in [0.05, 0.1) is 24.4 Å². The van der Waals surface area contributed by atoms with Crippen molar-refractivity contribution in [3.63, 3.8) is 0 Å². The monoisotopic (exact) mass is 380 g/mol. The van der Waals surface area contributed by atoms with Gasteiger partial charge < -0.3 is 25.5 Å². The van der Waals surface area contributed by atoms with Crippen LogP contribution in [0.5, 0.6) is 0 Å². The Hall–Kier alpha value is -0.790. The molecule has 5 N–H and O–H groups in total. The highest BCUT2D eigenvalue weighted by Gasteiger charge is 2.68. The Kier molecular flexibility index (Phi) is 4.41. The summed E-state index contributed by atoms with van der Waals surface area (Å²) in [5.41, 5.74) is -1.83. The van der Waals surface area contributed by atoms with Crippen molar-refractivity contribution in [2.24, 2.45) is 28.6 Å². The van der Waals surface area contributed by atoms with Crippen molar-refractivity contribution in [1.82, 2.24) is 0 Å². The first-order chi connectivity index (χ1) is 12.6. The van der Waals surface area contributed by atoms with Crippen LogP contribution < -0.4 is 0 Å². The van der Waals surface area contributed by atoms with Gasteiger partial charge in [-0.25, -0.2) is 0 Å². The molecule has 0 aromatic rings. The highest BCUT2D eigenvalue weighted by molar-refractivity contribution is 5.91. The lowest BCUT2D eigenvalue weighted by molar-refractivity contribution is -0.212. The smallest absolute Gasteiger partial charge is 0.155 e. The van der Waals surface area contributed by atoms with Crippen molar-refractivity contribution in [2.45, 2.75) is 76.3 Å². The fourth-order valence-electron chi connectivity index (χ4n) is 7.48. The summed E-state index contributed by atoms with van der Waals surface area (Å²) < 4.78 is 0. The Morgan fingerprint density at radius 3 is 2.63 bits per heavy atom. The van der Waals surface area contributed by atoms with Crippen molar-refractivity contribution in [2.75, 3.05) is 6.61 Å². The van der Waals surface area contributed by atoms with Crippen LogP contribution in [0.3, 0.4) is 0 Å². The van der Waals surface area contributed by atoms with E-state index in [4.69, 9.17) is 0 Å². The second-order valence-corrected chi connectivity index (χ2v) is 9.88. The summed E-state index contributed by atoms with van der Waals surface area (Å²) in [5, 5.41) is 53.2. The van der Waals surface area contributed by atoms with E-state index in [9.17, 15) is 30.3 Å². The molecule has 0 amide bonds. The maximum absolute atomic E-state index is 11.9. The normalized spacial score (nSPS) is 53.2. The van der Waals surface area contributed by atoms with Crippen LogP contribution in [0.4, 0.5) is 0 Å². The van der Waals surface area contributed by atoms with E-state index in [1.807, 2.05) is 6.92 Å². The van der Waals surface area contributed by atoms with Crippen LogP contribution in [-0.4, -0.2) is 61.8 Å². The van der Waals surface area contributed by atoms with Gasteiger partial charge in [-0.2, -0.15) is 0 Å². The molecule has 0 aromatic carbocycles. The quantitative estimate of drug-likeness (QED) is 0.477. The zero-order chi connectivity index (χ0) is 19.8. The first-order valence-electron chi connectivity index (χ1n) is 10.2. The van der Waals surface area contributed by atoms with Crippen LogP contribution in [0.1, 0.15) is 52.4 Å². The molecule has 152 valence electrons. The first-order valence-corrected chi connectivity index (χ1v) is 10.2. The molecule has 9 atom stereocenters. The lowest BCUT2D eigenvalue weighted by atomic mass is 9.45. The molecule has 0 bridgehead atoms. The zero-order valence-electron chi connectivity index (χ0n) is 16.1. The van der Waals surface area contributed by atoms with Gasteiger partial charge in [0.15, 0.2) is 5.78 Å². The molecule has 0 radical (unpaired) electrons. The summed E-state index contributed by atoms with van der Waals surface area (Å²) in [7, 11) is 0. The van der Waals surface area contributed by atoms with Crippen molar-refractivity contribution in [3.8, 4) is 0 Å². The number of fused-ring (bicyclic) bond motifs is 5. The van der Waals surface area contributed by atoms with Gasteiger partial charge in [0.25, 0.3) is 0 Å². The van der Waals surface area contributed by atoms with Gasteiger partial charge in [-0.05, 0) is 66.9 Å². The van der Waals surface area contributed by atoms with Crippen molar-refractivity contribution >= 4 is 5.78 Å². The maximum Gasteiger partial charge on any atom is 0.155 e. The Morgan fingerprint density at radius 2 is 1.96 bits per heavy atom. The molecule has 0 heterocycles. The van der Waals surface area contributed by atoms with E-state index in [-0.39, 0.29) is 23.5 Å². The van der Waals surface area contributed by atoms with Crippen molar-refractivity contribution in [1.29, 1.82) is 0 Å². The van der Waals surface area contributed by atoms with Crippen LogP contribution in [0.15, 0.2) is 11.6 Å². The number of rotatable bonds is 2. The zero-order valence-corrected chi connectivity index (χ0v) is 16.1. The number of ketones is 1. The van der Waals surface area contributed by atoms with E-state index < -0.39 is 41.3 Å². The summed E-state index contributed by atoms with van der Waals surface area (Å²) in [5.74, 6) is 0.00939. The molecule has 0 saturated heterocycles. The summed E-state index contributed by atoms with van der Waals surface area (Å²) in [6, 6.07) is 0. The van der Waals surface area contributed by atoms with E-state index in [1.54, 1.807) is 6.08 Å². The number of carbonyl (C=O) groups is 1. The van der Waals surface area contributed by atoms with Gasteiger partial charge >= 0.3 is 0 Å². The van der Waals surface area contributed by atoms with Gasteiger partial charge in [0, 0.05) is 11.8 Å². The SMILES string of the molecule is C[C@]12CCC(=O)C=C1[C@H](O)C[C@@H]1[C@@H]2[C@@H](O)C[C@@]2(C)[C@H]1CC[C@]2(O)C(O)CO. The molecule has 1 unspecified atom stereocenters. The van der Waals surface area contributed by atoms with E-state index in [0.717, 1.165) is 5.57 Å².